The lowest BCUT2D eigenvalue weighted by molar-refractivity contribution is -0.144. The number of amides is 1. The Morgan fingerprint density at radius 3 is 2.33 bits per heavy atom. The van der Waals surface area contributed by atoms with Gasteiger partial charge in [0, 0.05) is 25.8 Å². The number of carbonyl (C=O) groups excluding carboxylic acids is 2. The molecule has 1 spiro atoms. The van der Waals surface area contributed by atoms with Gasteiger partial charge in [0.2, 0.25) is 5.91 Å². The van der Waals surface area contributed by atoms with Gasteiger partial charge in [0.05, 0.1) is 13.2 Å². The second kappa shape index (κ2) is 6.96. The number of ketones is 1. The van der Waals surface area contributed by atoms with Gasteiger partial charge in [-0.2, -0.15) is 0 Å². The first-order valence-corrected chi connectivity index (χ1v) is 9.02. The lowest BCUT2D eigenvalue weighted by Crippen LogP contribution is -2.47. The van der Waals surface area contributed by atoms with Crippen LogP contribution in [0.25, 0.3) is 0 Å². The van der Waals surface area contributed by atoms with E-state index in [1.807, 2.05) is 17.0 Å². The Bertz CT molecular complexity index is 598. The summed E-state index contributed by atoms with van der Waals surface area (Å²) in [4.78, 5) is 26.4. The Balaban J connectivity index is 1.72. The molecule has 1 aromatic carbocycles. The zero-order chi connectivity index (χ0) is 17.2. The highest BCUT2D eigenvalue weighted by molar-refractivity contribution is 5.81. The lowest BCUT2D eigenvalue weighted by Gasteiger charge is -2.45. The van der Waals surface area contributed by atoms with Gasteiger partial charge in [0.1, 0.15) is 11.5 Å². The molecule has 1 amide bonds. The molecule has 0 N–H and O–H groups in total. The van der Waals surface area contributed by atoms with Crippen LogP contribution < -0.4 is 4.74 Å². The summed E-state index contributed by atoms with van der Waals surface area (Å²) in [5.74, 6) is 1.45. The maximum Gasteiger partial charge on any atom is 0.223 e. The predicted octanol–water partition coefficient (Wildman–Crippen LogP) is 3.90. The lowest BCUT2D eigenvalue weighted by atomic mass is 9.67. The van der Waals surface area contributed by atoms with Crippen molar-refractivity contribution in [2.75, 3.05) is 13.7 Å². The molecule has 1 saturated heterocycles. The Labute approximate surface area is 144 Å². The number of hydrogen-bond acceptors (Lipinski definition) is 3. The molecule has 1 saturated carbocycles. The molecule has 1 aliphatic carbocycles. The van der Waals surface area contributed by atoms with E-state index >= 15 is 0 Å². The van der Waals surface area contributed by atoms with Crippen molar-refractivity contribution in [1.82, 2.24) is 4.90 Å². The SMILES string of the molecule is CC[C@@H](c1ccc(OC)cc1)N1CCC2(CCC(=O)CC2)CC1=O. The third-order valence-electron chi connectivity index (χ3n) is 5.86. The normalized spacial score (nSPS) is 21.8. The van der Waals surface area contributed by atoms with Gasteiger partial charge >= 0.3 is 0 Å². The molecule has 24 heavy (non-hydrogen) atoms. The summed E-state index contributed by atoms with van der Waals surface area (Å²) in [6, 6.07) is 8.17. The maximum absolute atomic E-state index is 12.9. The fourth-order valence-corrected chi connectivity index (χ4v) is 4.27. The maximum atomic E-state index is 12.9. The van der Waals surface area contributed by atoms with Crippen LogP contribution in [0.1, 0.15) is 63.5 Å². The molecule has 0 aromatic heterocycles. The van der Waals surface area contributed by atoms with E-state index in [0.29, 0.717) is 25.0 Å². The van der Waals surface area contributed by atoms with E-state index in [2.05, 4.69) is 19.1 Å². The van der Waals surface area contributed by atoms with Crippen molar-refractivity contribution in [3.05, 3.63) is 29.8 Å². The second-order valence-electron chi connectivity index (χ2n) is 7.25. The number of nitrogens with zero attached hydrogens (tertiary/aromatic N) is 1. The Kier molecular flexibility index (Phi) is 4.93. The Morgan fingerprint density at radius 1 is 1.12 bits per heavy atom. The molecule has 130 valence electrons. The molecule has 4 heteroatoms. The number of methoxy groups -OCH3 is 1. The minimum atomic E-state index is 0.0830. The van der Waals surface area contributed by atoms with Crippen LogP contribution in [-0.4, -0.2) is 30.2 Å². The molecule has 1 aliphatic heterocycles. The highest BCUT2D eigenvalue weighted by atomic mass is 16.5. The number of ether oxygens (including phenoxy) is 1. The number of likely N-dealkylation sites (tertiary alicyclic amines) is 1. The van der Waals surface area contributed by atoms with Crippen molar-refractivity contribution < 1.29 is 14.3 Å². The first-order valence-electron chi connectivity index (χ1n) is 9.02. The predicted molar refractivity (Wildman–Crippen MR) is 92.9 cm³/mol. The number of hydrogen-bond donors (Lipinski definition) is 0. The molecule has 1 heterocycles. The van der Waals surface area contributed by atoms with Crippen LogP contribution in [0, 0.1) is 5.41 Å². The summed E-state index contributed by atoms with van der Waals surface area (Å²) in [5, 5.41) is 0. The van der Waals surface area contributed by atoms with Crippen LogP contribution in [0.4, 0.5) is 0 Å². The summed E-state index contributed by atoms with van der Waals surface area (Å²) in [5.41, 5.74) is 1.25. The summed E-state index contributed by atoms with van der Waals surface area (Å²) >= 11 is 0. The first kappa shape index (κ1) is 17.0. The van der Waals surface area contributed by atoms with Gasteiger partial charge in [0.15, 0.2) is 0 Å². The number of benzene rings is 1. The van der Waals surface area contributed by atoms with Crippen LogP contribution in [0.2, 0.25) is 0 Å². The van der Waals surface area contributed by atoms with Crippen molar-refractivity contribution in [2.24, 2.45) is 5.41 Å². The molecule has 1 atom stereocenters. The summed E-state index contributed by atoms with van der Waals surface area (Å²) in [6.45, 7) is 2.93. The van der Waals surface area contributed by atoms with E-state index in [1.165, 1.54) is 5.56 Å². The van der Waals surface area contributed by atoms with E-state index in [-0.39, 0.29) is 17.4 Å². The van der Waals surface area contributed by atoms with Crippen LogP contribution in [0.5, 0.6) is 5.75 Å². The topological polar surface area (TPSA) is 46.6 Å². The zero-order valence-electron chi connectivity index (χ0n) is 14.7. The van der Waals surface area contributed by atoms with Crippen LogP contribution in [0.15, 0.2) is 24.3 Å². The summed E-state index contributed by atoms with van der Waals surface area (Å²) in [6.07, 6.45) is 5.64. The van der Waals surface area contributed by atoms with Crippen molar-refractivity contribution in [3.63, 3.8) is 0 Å². The number of rotatable bonds is 4. The van der Waals surface area contributed by atoms with Crippen molar-refractivity contribution in [3.8, 4) is 5.75 Å². The molecular weight excluding hydrogens is 302 g/mol. The quantitative estimate of drug-likeness (QED) is 0.841. The summed E-state index contributed by atoms with van der Waals surface area (Å²) < 4.78 is 5.22. The molecule has 0 radical (unpaired) electrons. The van der Waals surface area contributed by atoms with Gasteiger partial charge in [-0.25, -0.2) is 0 Å². The number of carbonyl (C=O) groups is 2. The van der Waals surface area contributed by atoms with Crippen LogP contribution in [0.3, 0.4) is 0 Å². The van der Waals surface area contributed by atoms with Gasteiger partial charge in [0.25, 0.3) is 0 Å². The molecule has 0 bridgehead atoms. The molecular formula is C20H27NO3. The number of Topliss-reactive ketones (excluding diaryl/α,β-unsaturated/α-hetero) is 1. The standard InChI is InChI=1S/C20H27NO3/c1-3-18(15-4-6-17(24-2)7-5-15)21-13-12-20(14-19(21)23)10-8-16(22)9-11-20/h4-7,18H,3,8-14H2,1-2H3/t18-/m0/s1. The minimum Gasteiger partial charge on any atom is -0.497 e. The third kappa shape index (κ3) is 3.33. The van der Waals surface area contributed by atoms with Gasteiger partial charge in [-0.1, -0.05) is 19.1 Å². The van der Waals surface area contributed by atoms with Crippen LogP contribution in [-0.2, 0) is 9.59 Å². The molecule has 0 unspecified atom stereocenters. The fourth-order valence-electron chi connectivity index (χ4n) is 4.27. The zero-order valence-corrected chi connectivity index (χ0v) is 14.7. The Hall–Kier alpha value is -1.84. The highest BCUT2D eigenvalue weighted by Crippen LogP contribution is 2.45. The second-order valence-corrected chi connectivity index (χ2v) is 7.25. The van der Waals surface area contributed by atoms with Gasteiger partial charge < -0.3 is 9.64 Å². The van der Waals surface area contributed by atoms with E-state index in [9.17, 15) is 9.59 Å². The first-order chi connectivity index (χ1) is 11.6. The average molecular weight is 329 g/mol. The van der Waals surface area contributed by atoms with Crippen molar-refractivity contribution in [2.45, 2.75) is 57.9 Å². The Morgan fingerprint density at radius 2 is 1.79 bits per heavy atom. The monoisotopic (exact) mass is 329 g/mol. The molecule has 4 nitrogen and oxygen atoms in total. The third-order valence-corrected chi connectivity index (χ3v) is 5.86. The van der Waals surface area contributed by atoms with E-state index in [4.69, 9.17) is 4.74 Å². The van der Waals surface area contributed by atoms with Gasteiger partial charge in [-0.05, 0) is 48.8 Å². The fraction of sp³-hybridized carbons (Fsp3) is 0.600. The van der Waals surface area contributed by atoms with Crippen LogP contribution >= 0.6 is 0 Å². The van der Waals surface area contributed by atoms with Gasteiger partial charge in [-0.3, -0.25) is 9.59 Å². The van der Waals surface area contributed by atoms with Crippen molar-refractivity contribution >= 4 is 11.7 Å². The largest absolute Gasteiger partial charge is 0.497 e. The van der Waals surface area contributed by atoms with Gasteiger partial charge in [-0.15, -0.1) is 0 Å². The van der Waals surface area contributed by atoms with E-state index in [1.54, 1.807) is 7.11 Å². The van der Waals surface area contributed by atoms with E-state index < -0.39 is 0 Å². The highest BCUT2D eigenvalue weighted by Gasteiger charge is 2.42. The molecule has 3 rings (SSSR count). The number of piperidine rings is 1. The van der Waals surface area contributed by atoms with Crippen molar-refractivity contribution in [1.29, 1.82) is 0 Å². The van der Waals surface area contributed by atoms with E-state index in [0.717, 1.165) is 38.0 Å². The minimum absolute atomic E-state index is 0.0830. The molecule has 2 fully saturated rings. The average Bonchev–Trinajstić information content (AvgIpc) is 2.61. The molecule has 2 aliphatic rings. The summed E-state index contributed by atoms with van der Waals surface area (Å²) in [7, 11) is 1.66. The smallest absolute Gasteiger partial charge is 0.223 e. The molecule has 1 aromatic rings.